The Labute approximate surface area is 223 Å². The number of aliphatic carboxylic acids is 1. The molecule has 2 aromatic rings. The molecule has 2 fully saturated rings. The molecule has 2 N–H and O–H groups in total. The number of fused-ring (bicyclic) bond motifs is 4. The molecule has 2 amide bonds. The maximum Gasteiger partial charge on any atom is 0.310 e. The van der Waals surface area contributed by atoms with Crippen molar-refractivity contribution in [2.75, 3.05) is 23.8 Å². The van der Waals surface area contributed by atoms with Crippen molar-refractivity contribution in [1.29, 1.82) is 0 Å². The highest BCUT2D eigenvalue weighted by Gasteiger charge is 2.76. The number of hydrogen-bond donors (Lipinski definition) is 2. The molecule has 0 aliphatic carbocycles. The third-order valence-electron chi connectivity index (χ3n) is 7.22. The zero-order valence-corrected chi connectivity index (χ0v) is 21.4. The van der Waals surface area contributed by atoms with Crippen LogP contribution in [0.2, 0.25) is 20.1 Å². The van der Waals surface area contributed by atoms with Gasteiger partial charge in [0.25, 0.3) is 11.8 Å². The Bertz CT molecular complexity index is 1320. The monoisotopic (exact) mass is 577 g/mol. The summed E-state index contributed by atoms with van der Waals surface area (Å²) < 4.78 is 30.8. The number of rotatable bonds is 3. The Hall–Kier alpha value is -2.17. The summed E-state index contributed by atoms with van der Waals surface area (Å²) in [6, 6.07) is 5.02. The number of hydrogen-bond acceptors (Lipinski definition) is 4. The zero-order chi connectivity index (χ0) is 26.3. The summed E-state index contributed by atoms with van der Waals surface area (Å²) >= 11 is 24.6. The lowest BCUT2D eigenvalue weighted by atomic mass is 9.73. The first-order valence-corrected chi connectivity index (χ1v) is 12.2. The van der Waals surface area contributed by atoms with E-state index in [2.05, 4.69) is 5.32 Å². The Morgan fingerprint density at radius 3 is 2.31 bits per heavy atom. The number of carbonyl (C=O) groups excluding carboxylic acids is 2. The number of halogens is 6. The number of amides is 2. The van der Waals surface area contributed by atoms with Gasteiger partial charge in [-0.3, -0.25) is 19.3 Å². The zero-order valence-electron chi connectivity index (χ0n) is 18.4. The highest BCUT2D eigenvalue weighted by molar-refractivity contribution is 6.38. The van der Waals surface area contributed by atoms with Gasteiger partial charge < -0.3 is 15.3 Å². The summed E-state index contributed by atoms with van der Waals surface area (Å²) in [6.45, 7) is -0.324. The van der Waals surface area contributed by atoms with E-state index < -0.39 is 53.5 Å². The topological polar surface area (TPSA) is 90.0 Å². The molecule has 3 aliphatic rings. The van der Waals surface area contributed by atoms with E-state index in [1.807, 2.05) is 0 Å². The molecule has 4 atom stereocenters. The molecule has 5 rings (SSSR count). The number of carboxylic acids is 1. The third-order valence-corrected chi connectivity index (χ3v) is 8.18. The SMILES string of the molecule is CN(C(=O)C1C2N(CCC2(F)F)C2(C(=O)Nc3c(Cl)cc(Cl)cc32)C1C(=O)O)c1cc(Cl)cc(Cl)c1. The lowest BCUT2D eigenvalue weighted by Crippen LogP contribution is -2.53. The molecule has 36 heavy (non-hydrogen) atoms. The van der Waals surface area contributed by atoms with Crippen molar-refractivity contribution in [3.63, 3.8) is 0 Å². The fourth-order valence-electron chi connectivity index (χ4n) is 5.88. The van der Waals surface area contributed by atoms with Gasteiger partial charge in [-0.15, -0.1) is 0 Å². The molecule has 0 radical (unpaired) electrons. The van der Waals surface area contributed by atoms with Crippen LogP contribution in [0.15, 0.2) is 30.3 Å². The minimum atomic E-state index is -3.46. The quantitative estimate of drug-likeness (QED) is 0.526. The number of benzene rings is 2. The van der Waals surface area contributed by atoms with E-state index in [0.717, 1.165) is 9.80 Å². The molecule has 13 heteroatoms. The van der Waals surface area contributed by atoms with Crippen LogP contribution in [0, 0.1) is 11.8 Å². The van der Waals surface area contributed by atoms with Crippen molar-refractivity contribution in [1.82, 2.24) is 4.90 Å². The molecule has 4 unspecified atom stereocenters. The second-order valence-corrected chi connectivity index (χ2v) is 10.8. The first-order valence-electron chi connectivity index (χ1n) is 10.7. The van der Waals surface area contributed by atoms with E-state index in [4.69, 9.17) is 46.4 Å². The number of nitrogens with zero attached hydrogens (tertiary/aromatic N) is 2. The molecule has 3 heterocycles. The molecule has 7 nitrogen and oxygen atoms in total. The summed E-state index contributed by atoms with van der Waals surface area (Å²) in [5.74, 6) is -10.5. The Kier molecular flexibility index (Phi) is 5.96. The molecule has 2 aromatic carbocycles. The molecule has 190 valence electrons. The van der Waals surface area contributed by atoms with Gasteiger partial charge >= 0.3 is 5.97 Å². The van der Waals surface area contributed by atoms with E-state index >= 15 is 8.78 Å². The summed E-state index contributed by atoms with van der Waals surface area (Å²) in [4.78, 5) is 42.3. The second-order valence-electron chi connectivity index (χ2n) is 9.05. The van der Waals surface area contributed by atoms with Crippen LogP contribution in [0.4, 0.5) is 20.2 Å². The minimum Gasteiger partial charge on any atom is -0.481 e. The largest absolute Gasteiger partial charge is 0.481 e. The standard InChI is InChI=1S/C23H17Cl4F2N3O4/c1-31(12-5-9(24)4-10(25)6-12)19(33)15-16(20(34)35)23(32-3-2-22(28,29)18(15)32)13-7-11(26)8-14(27)17(13)30-21(23)36/h4-8,15-16,18H,2-3H2,1H3,(H,30,36)(H,34,35). The third kappa shape index (κ3) is 3.44. The predicted octanol–water partition coefficient (Wildman–Crippen LogP) is 5.15. The Morgan fingerprint density at radius 2 is 1.69 bits per heavy atom. The van der Waals surface area contributed by atoms with E-state index in [9.17, 15) is 19.5 Å². The van der Waals surface area contributed by atoms with Crippen LogP contribution in [0.25, 0.3) is 0 Å². The van der Waals surface area contributed by atoms with Crippen LogP contribution in [0.1, 0.15) is 12.0 Å². The lowest BCUT2D eigenvalue weighted by molar-refractivity contribution is -0.152. The molecular formula is C23H17Cl4F2N3O4. The Balaban J connectivity index is 1.73. The number of anilines is 2. The van der Waals surface area contributed by atoms with Gasteiger partial charge in [-0.25, -0.2) is 8.78 Å². The number of alkyl halides is 2. The number of nitrogens with one attached hydrogen (secondary N) is 1. The average molecular weight is 579 g/mol. The van der Waals surface area contributed by atoms with Gasteiger partial charge in [-0.1, -0.05) is 46.4 Å². The van der Waals surface area contributed by atoms with E-state index in [0.29, 0.717) is 0 Å². The van der Waals surface area contributed by atoms with Crippen molar-refractivity contribution in [2.24, 2.45) is 11.8 Å². The van der Waals surface area contributed by atoms with Crippen molar-refractivity contribution >= 4 is 75.6 Å². The number of carbonyl (C=O) groups is 3. The van der Waals surface area contributed by atoms with Crippen LogP contribution in [-0.2, 0) is 19.9 Å². The maximum atomic E-state index is 15.4. The van der Waals surface area contributed by atoms with Crippen LogP contribution in [0.3, 0.4) is 0 Å². The van der Waals surface area contributed by atoms with Gasteiger partial charge in [0.05, 0.1) is 22.7 Å². The van der Waals surface area contributed by atoms with Crippen LogP contribution >= 0.6 is 46.4 Å². The minimum absolute atomic E-state index is 0.0230. The summed E-state index contributed by atoms with van der Waals surface area (Å²) in [6.07, 6.45) is -0.668. The molecule has 3 aliphatic heterocycles. The molecule has 0 bridgehead atoms. The van der Waals surface area contributed by atoms with E-state index in [-0.39, 0.29) is 43.6 Å². The molecular weight excluding hydrogens is 562 g/mol. The van der Waals surface area contributed by atoms with Gasteiger partial charge in [-0.05, 0) is 30.3 Å². The maximum absolute atomic E-state index is 15.4. The van der Waals surface area contributed by atoms with Crippen molar-refractivity contribution in [3.05, 3.63) is 56.0 Å². The molecule has 2 saturated heterocycles. The van der Waals surface area contributed by atoms with Crippen molar-refractivity contribution in [3.8, 4) is 0 Å². The normalized spacial score (nSPS) is 28.2. The van der Waals surface area contributed by atoms with E-state index in [1.165, 1.54) is 37.4 Å². The number of carboxylic acid groups (broad SMARTS) is 1. The summed E-state index contributed by atoms with van der Waals surface area (Å²) in [5, 5.41) is 13.4. The van der Waals surface area contributed by atoms with Crippen LogP contribution < -0.4 is 10.2 Å². The summed E-state index contributed by atoms with van der Waals surface area (Å²) in [7, 11) is 1.31. The Morgan fingerprint density at radius 1 is 1.08 bits per heavy atom. The van der Waals surface area contributed by atoms with Crippen molar-refractivity contribution in [2.45, 2.75) is 23.9 Å². The van der Waals surface area contributed by atoms with Crippen LogP contribution in [-0.4, -0.2) is 53.3 Å². The highest BCUT2D eigenvalue weighted by atomic mass is 35.5. The average Bonchev–Trinajstić information content (AvgIpc) is 3.36. The first kappa shape index (κ1) is 25.5. The fourth-order valence-corrected chi connectivity index (χ4v) is 6.93. The van der Waals surface area contributed by atoms with Gasteiger partial charge in [0.1, 0.15) is 11.5 Å². The molecule has 0 aromatic heterocycles. The lowest BCUT2D eigenvalue weighted by Gasteiger charge is -2.35. The van der Waals surface area contributed by atoms with Gasteiger partial charge in [0, 0.05) is 46.3 Å². The highest BCUT2D eigenvalue weighted by Crippen LogP contribution is 2.62. The fraction of sp³-hybridized carbons (Fsp3) is 0.348. The molecule has 0 saturated carbocycles. The van der Waals surface area contributed by atoms with Gasteiger partial charge in [0.15, 0.2) is 0 Å². The molecule has 1 spiro atoms. The van der Waals surface area contributed by atoms with Crippen LogP contribution in [0.5, 0.6) is 0 Å². The van der Waals surface area contributed by atoms with Crippen molar-refractivity contribution < 1.29 is 28.3 Å². The smallest absolute Gasteiger partial charge is 0.310 e. The summed E-state index contributed by atoms with van der Waals surface area (Å²) in [5.41, 5.74) is -1.83. The van der Waals surface area contributed by atoms with E-state index in [1.54, 1.807) is 0 Å². The van der Waals surface area contributed by atoms with Gasteiger partial charge in [0.2, 0.25) is 5.91 Å². The first-order chi connectivity index (χ1) is 16.8. The predicted molar refractivity (Wildman–Crippen MR) is 131 cm³/mol. The van der Waals surface area contributed by atoms with Gasteiger partial charge in [-0.2, -0.15) is 0 Å². The second kappa shape index (κ2) is 8.43.